The van der Waals surface area contributed by atoms with E-state index in [-0.39, 0.29) is 11.1 Å². The zero-order chi connectivity index (χ0) is 12.3. The lowest BCUT2D eigenvalue weighted by molar-refractivity contribution is -0.150. The van der Waals surface area contributed by atoms with Crippen molar-refractivity contribution < 1.29 is 23.4 Å². The van der Waals surface area contributed by atoms with E-state index in [2.05, 4.69) is 4.74 Å². The third-order valence-electron chi connectivity index (χ3n) is 2.28. The van der Waals surface area contributed by atoms with E-state index in [1.807, 2.05) is 0 Å². The number of carbonyl (C=O) groups excluding carboxylic acids is 1. The first-order chi connectivity index (χ1) is 7.47. The van der Waals surface area contributed by atoms with Gasteiger partial charge in [0.15, 0.2) is 6.10 Å². The van der Waals surface area contributed by atoms with E-state index in [1.165, 1.54) is 19.1 Å². The molecule has 0 aliphatic rings. The molecule has 0 saturated heterocycles. The average molecular weight is 230 g/mol. The zero-order valence-corrected chi connectivity index (χ0v) is 8.91. The van der Waals surface area contributed by atoms with Crippen LogP contribution in [-0.2, 0) is 9.53 Å². The van der Waals surface area contributed by atoms with Crippen LogP contribution in [0, 0.1) is 6.92 Å². The number of benzene rings is 1. The molecule has 0 aliphatic carbocycles. The molecule has 0 amide bonds. The number of ether oxygens (including phenoxy) is 1. The van der Waals surface area contributed by atoms with E-state index in [0.717, 1.165) is 13.2 Å². The fourth-order valence-electron chi connectivity index (χ4n) is 1.31. The number of alkyl halides is 2. The minimum atomic E-state index is -2.63. The summed E-state index contributed by atoms with van der Waals surface area (Å²) in [4.78, 5) is 11.0. The second-order valence-electron chi connectivity index (χ2n) is 3.34. The summed E-state index contributed by atoms with van der Waals surface area (Å²) in [6.07, 6.45) is -4.16. The Hall–Kier alpha value is -1.49. The highest BCUT2D eigenvalue weighted by molar-refractivity contribution is 5.76. The van der Waals surface area contributed by atoms with Gasteiger partial charge in [0.05, 0.1) is 7.11 Å². The second kappa shape index (κ2) is 5.03. The zero-order valence-electron chi connectivity index (χ0n) is 8.91. The first kappa shape index (κ1) is 12.6. The van der Waals surface area contributed by atoms with Crippen LogP contribution >= 0.6 is 0 Å². The molecule has 1 atom stereocenters. The van der Waals surface area contributed by atoms with Crippen LogP contribution in [0.3, 0.4) is 0 Å². The number of aliphatic hydroxyl groups excluding tert-OH is 1. The van der Waals surface area contributed by atoms with Crippen LogP contribution in [0.25, 0.3) is 0 Å². The number of halogens is 2. The molecule has 0 aliphatic heterocycles. The molecule has 3 nitrogen and oxygen atoms in total. The summed E-state index contributed by atoms with van der Waals surface area (Å²) in [5.74, 6) is -0.871. The molecule has 16 heavy (non-hydrogen) atoms. The molecule has 1 aromatic rings. The number of hydrogen-bond donors (Lipinski definition) is 1. The molecule has 0 bridgehead atoms. The number of rotatable bonds is 3. The van der Waals surface area contributed by atoms with Gasteiger partial charge in [-0.2, -0.15) is 0 Å². The average Bonchev–Trinajstić information content (AvgIpc) is 2.27. The van der Waals surface area contributed by atoms with Gasteiger partial charge in [0.1, 0.15) is 0 Å². The quantitative estimate of drug-likeness (QED) is 0.809. The van der Waals surface area contributed by atoms with E-state index in [9.17, 15) is 18.7 Å². The van der Waals surface area contributed by atoms with Gasteiger partial charge in [-0.15, -0.1) is 0 Å². The molecule has 1 aromatic carbocycles. The Labute approximate surface area is 91.7 Å². The standard InChI is InChI=1S/C11H12F2O3/c1-6-3-4-7(5-8(6)10(12)13)9(14)11(15)16-2/h3-5,9-10,14H,1-2H3. The molecule has 1 unspecified atom stereocenters. The number of aliphatic hydroxyl groups is 1. The number of hydrogen-bond acceptors (Lipinski definition) is 3. The second-order valence-corrected chi connectivity index (χ2v) is 3.34. The predicted octanol–water partition coefficient (Wildman–Crippen LogP) is 2.14. The Kier molecular flexibility index (Phi) is 3.95. The van der Waals surface area contributed by atoms with Crippen LogP contribution in [0.4, 0.5) is 8.78 Å². The fraction of sp³-hybridized carbons (Fsp3) is 0.364. The minimum Gasteiger partial charge on any atom is -0.467 e. The van der Waals surface area contributed by atoms with Crippen molar-refractivity contribution in [3.05, 3.63) is 34.9 Å². The van der Waals surface area contributed by atoms with Gasteiger partial charge in [-0.1, -0.05) is 12.1 Å². The summed E-state index contributed by atoms with van der Waals surface area (Å²) >= 11 is 0. The van der Waals surface area contributed by atoms with Crippen LogP contribution in [0.15, 0.2) is 18.2 Å². The normalized spacial score (nSPS) is 12.6. The molecule has 0 aromatic heterocycles. The van der Waals surface area contributed by atoms with Gasteiger partial charge in [-0.25, -0.2) is 13.6 Å². The topological polar surface area (TPSA) is 46.5 Å². The van der Waals surface area contributed by atoms with Crippen molar-refractivity contribution in [1.82, 2.24) is 0 Å². The first-order valence-corrected chi connectivity index (χ1v) is 4.62. The van der Waals surface area contributed by atoms with E-state index in [4.69, 9.17) is 0 Å². The summed E-state index contributed by atoms with van der Waals surface area (Å²) in [5.41, 5.74) is 0.323. The Morgan fingerprint density at radius 3 is 2.56 bits per heavy atom. The lowest BCUT2D eigenvalue weighted by Crippen LogP contribution is -2.13. The van der Waals surface area contributed by atoms with E-state index in [1.54, 1.807) is 0 Å². The van der Waals surface area contributed by atoms with Crippen molar-refractivity contribution in [3.63, 3.8) is 0 Å². The molecule has 0 radical (unpaired) electrons. The third kappa shape index (κ3) is 2.55. The van der Waals surface area contributed by atoms with Gasteiger partial charge >= 0.3 is 5.97 Å². The fourth-order valence-corrected chi connectivity index (χ4v) is 1.31. The first-order valence-electron chi connectivity index (χ1n) is 4.62. The van der Waals surface area contributed by atoms with Gasteiger partial charge < -0.3 is 9.84 Å². The Morgan fingerprint density at radius 1 is 1.44 bits per heavy atom. The number of aryl methyl sites for hydroxylation is 1. The molecule has 1 N–H and O–H groups in total. The van der Waals surface area contributed by atoms with Crippen LogP contribution < -0.4 is 0 Å². The van der Waals surface area contributed by atoms with Crippen molar-refractivity contribution in [2.75, 3.05) is 7.11 Å². The molecule has 88 valence electrons. The maximum atomic E-state index is 12.6. The molecule has 0 heterocycles. The monoisotopic (exact) mass is 230 g/mol. The number of esters is 1. The van der Waals surface area contributed by atoms with Crippen LogP contribution in [0.2, 0.25) is 0 Å². The summed E-state index contributed by atoms with van der Waals surface area (Å²) in [6.45, 7) is 1.54. The van der Waals surface area contributed by atoms with E-state index in [0.29, 0.717) is 5.56 Å². The Balaban J connectivity index is 3.07. The summed E-state index contributed by atoms with van der Waals surface area (Å²) in [7, 11) is 1.12. The molecule has 0 spiro atoms. The van der Waals surface area contributed by atoms with Crippen molar-refractivity contribution in [2.24, 2.45) is 0 Å². The van der Waals surface area contributed by atoms with Crippen molar-refractivity contribution in [1.29, 1.82) is 0 Å². The molecule has 0 saturated carbocycles. The number of carbonyl (C=O) groups is 1. The highest BCUT2D eigenvalue weighted by Crippen LogP contribution is 2.26. The lowest BCUT2D eigenvalue weighted by Gasteiger charge is -2.11. The Morgan fingerprint density at radius 2 is 2.06 bits per heavy atom. The Bertz CT molecular complexity index is 391. The van der Waals surface area contributed by atoms with Gasteiger partial charge in [0, 0.05) is 5.56 Å². The van der Waals surface area contributed by atoms with E-state index >= 15 is 0 Å². The maximum absolute atomic E-state index is 12.6. The third-order valence-corrected chi connectivity index (χ3v) is 2.28. The summed E-state index contributed by atoms with van der Waals surface area (Å²) in [5, 5.41) is 9.47. The van der Waals surface area contributed by atoms with Crippen molar-refractivity contribution in [2.45, 2.75) is 19.5 Å². The predicted molar refractivity (Wildman–Crippen MR) is 53.1 cm³/mol. The maximum Gasteiger partial charge on any atom is 0.339 e. The highest BCUT2D eigenvalue weighted by Gasteiger charge is 2.20. The summed E-state index contributed by atoms with van der Waals surface area (Å²) < 4.78 is 29.4. The lowest BCUT2D eigenvalue weighted by atomic mass is 10.0. The molecule has 1 rings (SSSR count). The number of methoxy groups -OCH3 is 1. The SMILES string of the molecule is COC(=O)C(O)c1ccc(C)c(C(F)F)c1. The van der Waals surface area contributed by atoms with Gasteiger partial charge in [-0.3, -0.25) is 0 Å². The molecule has 0 fully saturated rings. The van der Waals surface area contributed by atoms with Crippen LogP contribution in [-0.4, -0.2) is 18.2 Å². The smallest absolute Gasteiger partial charge is 0.339 e. The van der Waals surface area contributed by atoms with E-state index < -0.39 is 18.5 Å². The van der Waals surface area contributed by atoms with Crippen LogP contribution in [0.1, 0.15) is 29.2 Å². The molecule has 5 heteroatoms. The highest BCUT2D eigenvalue weighted by atomic mass is 19.3. The minimum absolute atomic E-state index is 0.104. The van der Waals surface area contributed by atoms with Crippen molar-refractivity contribution >= 4 is 5.97 Å². The van der Waals surface area contributed by atoms with Crippen molar-refractivity contribution in [3.8, 4) is 0 Å². The van der Waals surface area contributed by atoms with Gasteiger partial charge in [-0.05, 0) is 24.1 Å². The molecular formula is C11H12F2O3. The van der Waals surface area contributed by atoms with Crippen LogP contribution in [0.5, 0.6) is 0 Å². The largest absolute Gasteiger partial charge is 0.467 e. The van der Waals surface area contributed by atoms with Gasteiger partial charge in [0.2, 0.25) is 0 Å². The molecular weight excluding hydrogens is 218 g/mol. The summed E-state index contributed by atoms with van der Waals surface area (Å²) in [6, 6.07) is 3.97. The van der Waals surface area contributed by atoms with Gasteiger partial charge in [0.25, 0.3) is 6.43 Å².